The lowest BCUT2D eigenvalue weighted by Gasteiger charge is -2.34. The Hall–Kier alpha value is -1.62. The molecule has 0 aliphatic carbocycles. The van der Waals surface area contributed by atoms with Gasteiger partial charge in [0.15, 0.2) is 0 Å². The predicted molar refractivity (Wildman–Crippen MR) is 65.7 cm³/mol. The largest absolute Gasteiger partial charge is 0.507 e. The molecule has 1 aromatic rings. The van der Waals surface area contributed by atoms with Gasteiger partial charge in [0.2, 0.25) is 0 Å². The number of rotatable bonds is 1. The number of benzene rings is 1. The molecule has 1 aliphatic heterocycles. The van der Waals surface area contributed by atoms with Crippen LogP contribution in [0.15, 0.2) is 18.2 Å². The molecule has 18 heavy (non-hydrogen) atoms. The fourth-order valence-electron chi connectivity index (χ4n) is 2.42. The van der Waals surface area contributed by atoms with Crippen LogP contribution in [0, 0.1) is 11.7 Å². The van der Waals surface area contributed by atoms with Gasteiger partial charge in [0.05, 0.1) is 5.56 Å². The molecule has 1 amide bonds. The first-order valence-electron chi connectivity index (χ1n) is 6.00. The number of aromatic hydroxyl groups is 1. The van der Waals surface area contributed by atoms with Crippen molar-refractivity contribution in [3.8, 4) is 5.75 Å². The molecule has 98 valence electrons. The number of likely N-dealkylation sites (tertiary alicyclic amines) is 1. The van der Waals surface area contributed by atoms with Crippen molar-refractivity contribution in [3.05, 3.63) is 29.6 Å². The molecule has 1 saturated heterocycles. The van der Waals surface area contributed by atoms with Gasteiger partial charge in [-0.25, -0.2) is 4.39 Å². The second kappa shape index (κ2) is 4.94. The van der Waals surface area contributed by atoms with Crippen LogP contribution in [-0.2, 0) is 0 Å². The molecule has 0 aromatic heterocycles. The maximum absolute atomic E-state index is 13.1. The SMILES string of the molecule is CC1CC(N)CN(C(=O)c2cc(F)ccc2O)C1. The Morgan fingerprint density at radius 1 is 1.50 bits per heavy atom. The van der Waals surface area contributed by atoms with E-state index in [1.807, 2.05) is 6.92 Å². The number of phenols is 1. The molecule has 3 N–H and O–H groups in total. The van der Waals surface area contributed by atoms with Gasteiger partial charge in [-0.1, -0.05) is 6.92 Å². The molecule has 1 fully saturated rings. The summed E-state index contributed by atoms with van der Waals surface area (Å²) in [5, 5.41) is 9.62. The third kappa shape index (κ3) is 2.61. The molecule has 2 unspecified atom stereocenters. The minimum atomic E-state index is -0.537. The number of nitrogens with two attached hydrogens (primary N) is 1. The summed E-state index contributed by atoms with van der Waals surface area (Å²) >= 11 is 0. The second-order valence-corrected chi connectivity index (χ2v) is 4.97. The lowest BCUT2D eigenvalue weighted by atomic mass is 9.96. The monoisotopic (exact) mass is 252 g/mol. The molecule has 0 spiro atoms. The van der Waals surface area contributed by atoms with Crippen LogP contribution in [0.3, 0.4) is 0 Å². The molecule has 1 aromatic carbocycles. The normalized spacial score (nSPS) is 24.1. The molecule has 2 rings (SSSR count). The summed E-state index contributed by atoms with van der Waals surface area (Å²) in [6, 6.07) is 3.31. The van der Waals surface area contributed by atoms with Crippen LogP contribution >= 0.6 is 0 Å². The molecule has 1 heterocycles. The number of carbonyl (C=O) groups excluding carboxylic acids is 1. The molecule has 0 radical (unpaired) electrons. The molecule has 1 aliphatic rings. The van der Waals surface area contributed by atoms with Crippen molar-refractivity contribution >= 4 is 5.91 Å². The van der Waals surface area contributed by atoms with Crippen molar-refractivity contribution in [2.75, 3.05) is 13.1 Å². The number of nitrogens with zero attached hydrogens (tertiary/aromatic N) is 1. The Labute approximate surface area is 105 Å². The Bertz CT molecular complexity index is 454. The fraction of sp³-hybridized carbons (Fsp3) is 0.462. The number of hydrogen-bond donors (Lipinski definition) is 2. The van der Waals surface area contributed by atoms with E-state index >= 15 is 0 Å². The fourth-order valence-corrected chi connectivity index (χ4v) is 2.42. The summed E-state index contributed by atoms with van der Waals surface area (Å²) < 4.78 is 13.1. The van der Waals surface area contributed by atoms with E-state index in [1.54, 1.807) is 4.90 Å². The maximum atomic E-state index is 13.1. The number of piperidine rings is 1. The van der Waals surface area contributed by atoms with Gasteiger partial charge in [-0.05, 0) is 30.5 Å². The van der Waals surface area contributed by atoms with Gasteiger partial charge in [-0.3, -0.25) is 4.79 Å². The zero-order valence-corrected chi connectivity index (χ0v) is 10.3. The third-order valence-corrected chi connectivity index (χ3v) is 3.17. The highest BCUT2D eigenvalue weighted by molar-refractivity contribution is 5.96. The Morgan fingerprint density at radius 2 is 2.22 bits per heavy atom. The summed E-state index contributed by atoms with van der Waals surface area (Å²) in [5.41, 5.74) is 5.87. The lowest BCUT2D eigenvalue weighted by molar-refractivity contribution is 0.0657. The van der Waals surface area contributed by atoms with Crippen LogP contribution in [-0.4, -0.2) is 35.0 Å². The van der Waals surface area contributed by atoms with E-state index in [1.165, 1.54) is 6.07 Å². The standard InChI is InChI=1S/C13H17FN2O2/c1-8-4-10(15)7-16(6-8)13(18)11-5-9(14)2-3-12(11)17/h2-3,5,8,10,17H,4,6-7,15H2,1H3. The number of halogens is 1. The van der Waals surface area contributed by atoms with E-state index in [0.717, 1.165) is 18.6 Å². The molecule has 4 nitrogen and oxygen atoms in total. The number of amides is 1. The van der Waals surface area contributed by atoms with Gasteiger partial charge in [0.1, 0.15) is 11.6 Å². The topological polar surface area (TPSA) is 66.6 Å². The summed E-state index contributed by atoms with van der Waals surface area (Å²) in [6.45, 7) is 3.05. The predicted octanol–water partition coefficient (Wildman–Crippen LogP) is 1.34. The summed E-state index contributed by atoms with van der Waals surface area (Å²) in [4.78, 5) is 13.8. The van der Waals surface area contributed by atoms with Crippen LogP contribution < -0.4 is 5.73 Å². The van der Waals surface area contributed by atoms with Crippen LogP contribution in [0.5, 0.6) is 5.75 Å². The van der Waals surface area contributed by atoms with Crippen molar-refractivity contribution in [1.82, 2.24) is 4.90 Å². The highest BCUT2D eigenvalue weighted by Crippen LogP contribution is 2.23. The van der Waals surface area contributed by atoms with Gasteiger partial charge >= 0.3 is 0 Å². The molecular formula is C13H17FN2O2. The van der Waals surface area contributed by atoms with Crippen LogP contribution in [0.4, 0.5) is 4.39 Å². The van der Waals surface area contributed by atoms with E-state index in [4.69, 9.17) is 5.73 Å². The van der Waals surface area contributed by atoms with Gasteiger partial charge in [0, 0.05) is 19.1 Å². The molecular weight excluding hydrogens is 235 g/mol. The first-order chi connectivity index (χ1) is 8.47. The maximum Gasteiger partial charge on any atom is 0.257 e. The average Bonchev–Trinajstić information content (AvgIpc) is 2.30. The van der Waals surface area contributed by atoms with Gasteiger partial charge in [-0.15, -0.1) is 0 Å². The zero-order chi connectivity index (χ0) is 13.3. The summed E-state index contributed by atoms with van der Waals surface area (Å²) in [6.07, 6.45) is 0.874. The smallest absolute Gasteiger partial charge is 0.257 e. The van der Waals surface area contributed by atoms with E-state index in [-0.39, 0.29) is 23.3 Å². The average molecular weight is 252 g/mol. The Balaban J connectivity index is 2.22. The quantitative estimate of drug-likeness (QED) is 0.792. The molecule has 0 saturated carbocycles. The van der Waals surface area contributed by atoms with Gasteiger partial charge < -0.3 is 15.7 Å². The summed E-state index contributed by atoms with van der Waals surface area (Å²) in [7, 11) is 0. The third-order valence-electron chi connectivity index (χ3n) is 3.17. The van der Waals surface area contributed by atoms with E-state index in [0.29, 0.717) is 19.0 Å². The van der Waals surface area contributed by atoms with Crippen LogP contribution in [0.25, 0.3) is 0 Å². The number of phenolic OH excluding ortho intramolecular Hbond substituents is 1. The molecule has 2 atom stereocenters. The van der Waals surface area contributed by atoms with Crippen molar-refractivity contribution in [3.63, 3.8) is 0 Å². The van der Waals surface area contributed by atoms with Crippen molar-refractivity contribution in [2.24, 2.45) is 11.7 Å². The Kier molecular flexibility index (Phi) is 3.52. The summed E-state index contributed by atoms with van der Waals surface area (Å²) in [5.74, 6) is -0.791. The van der Waals surface area contributed by atoms with Crippen molar-refractivity contribution in [1.29, 1.82) is 0 Å². The Morgan fingerprint density at radius 3 is 2.89 bits per heavy atom. The highest BCUT2D eigenvalue weighted by Gasteiger charge is 2.27. The highest BCUT2D eigenvalue weighted by atomic mass is 19.1. The second-order valence-electron chi connectivity index (χ2n) is 4.97. The van der Waals surface area contributed by atoms with Gasteiger partial charge in [-0.2, -0.15) is 0 Å². The minimum Gasteiger partial charge on any atom is -0.507 e. The van der Waals surface area contributed by atoms with E-state index in [2.05, 4.69) is 0 Å². The molecule has 0 bridgehead atoms. The first kappa shape index (κ1) is 12.8. The minimum absolute atomic E-state index is 0.00343. The molecule has 5 heteroatoms. The van der Waals surface area contributed by atoms with Crippen LogP contribution in [0.1, 0.15) is 23.7 Å². The zero-order valence-electron chi connectivity index (χ0n) is 10.3. The van der Waals surface area contributed by atoms with Crippen molar-refractivity contribution < 1.29 is 14.3 Å². The number of carbonyl (C=O) groups is 1. The lowest BCUT2D eigenvalue weighted by Crippen LogP contribution is -2.48. The van der Waals surface area contributed by atoms with Crippen LogP contribution in [0.2, 0.25) is 0 Å². The van der Waals surface area contributed by atoms with E-state index in [9.17, 15) is 14.3 Å². The number of hydrogen-bond acceptors (Lipinski definition) is 3. The van der Waals surface area contributed by atoms with Gasteiger partial charge in [0.25, 0.3) is 5.91 Å². The van der Waals surface area contributed by atoms with Crippen molar-refractivity contribution in [2.45, 2.75) is 19.4 Å². The van der Waals surface area contributed by atoms with E-state index < -0.39 is 5.82 Å². The first-order valence-corrected chi connectivity index (χ1v) is 6.00.